The van der Waals surface area contributed by atoms with E-state index in [-0.39, 0.29) is 18.0 Å². The summed E-state index contributed by atoms with van der Waals surface area (Å²) in [4.78, 5) is 11.9. The van der Waals surface area contributed by atoms with Gasteiger partial charge >= 0.3 is 5.97 Å². The number of cyclic esters (lactones) is 1. The lowest BCUT2D eigenvalue weighted by Gasteiger charge is -2.18. The molecule has 3 heteroatoms. The van der Waals surface area contributed by atoms with Crippen molar-refractivity contribution >= 4 is 17.6 Å². The van der Waals surface area contributed by atoms with Gasteiger partial charge in [-0.25, -0.2) is 4.79 Å². The molecule has 1 saturated heterocycles. The third kappa shape index (κ3) is 2.59. The van der Waals surface area contributed by atoms with E-state index in [1.165, 1.54) is 5.56 Å². The van der Waals surface area contributed by atoms with Crippen LogP contribution in [0.5, 0.6) is 0 Å². The van der Waals surface area contributed by atoms with Crippen molar-refractivity contribution in [2.24, 2.45) is 0 Å². The molecule has 0 amide bonds. The van der Waals surface area contributed by atoms with Crippen LogP contribution in [0.1, 0.15) is 28.7 Å². The van der Waals surface area contributed by atoms with Crippen LogP contribution in [0.25, 0.3) is 0 Å². The van der Waals surface area contributed by atoms with Crippen LogP contribution in [-0.4, -0.2) is 5.97 Å². The molecule has 1 heterocycles. The highest BCUT2D eigenvalue weighted by Gasteiger charge is 2.40. The Morgan fingerprint density at radius 3 is 2.19 bits per heavy atom. The molecule has 0 bridgehead atoms. The van der Waals surface area contributed by atoms with E-state index in [0.29, 0.717) is 10.6 Å². The summed E-state index contributed by atoms with van der Waals surface area (Å²) in [7, 11) is 0. The summed E-state index contributed by atoms with van der Waals surface area (Å²) < 4.78 is 5.52. The third-order valence-corrected chi connectivity index (χ3v) is 4.06. The number of hydrogen-bond donors (Lipinski definition) is 0. The molecule has 0 N–H and O–H groups in total. The summed E-state index contributed by atoms with van der Waals surface area (Å²) in [5, 5.41) is 0.661. The second-order valence-electron chi connectivity index (χ2n) is 5.29. The van der Waals surface area contributed by atoms with Crippen LogP contribution in [0.15, 0.2) is 60.7 Å². The Morgan fingerprint density at radius 1 is 1.00 bits per heavy atom. The number of hydrogen-bond acceptors (Lipinski definition) is 2. The molecule has 1 aliphatic rings. The standard InChI is InChI=1S/C18H15ClO2/c1-11-3-5-13(6-4-11)16-12(2)18(20)21-17(16)14-7-9-15(19)10-8-14/h3-10,16-17H,2H2,1H3. The molecule has 0 spiro atoms. The number of esters is 1. The average Bonchev–Trinajstić information content (AvgIpc) is 2.77. The monoisotopic (exact) mass is 298 g/mol. The molecule has 2 aromatic carbocycles. The van der Waals surface area contributed by atoms with E-state index in [2.05, 4.69) is 6.58 Å². The van der Waals surface area contributed by atoms with Gasteiger partial charge in [0.05, 0.1) is 5.92 Å². The van der Waals surface area contributed by atoms with E-state index in [4.69, 9.17) is 16.3 Å². The summed E-state index contributed by atoms with van der Waals surface area (Å²) in [5.41, 5.74) is 3.64. The van der Waals surface area contributed by atoms with E-state index >= 15 is 0 Å². The number of benzene rings is 2. The number of aryl methyl sites for hydroxylation is 1. The van der Waals surface area contributed by atoms with Crippen LogP contribution < -0.4 is 0 Å². The van der Waals surface area contributed by atoms with E-state index in [9.17, 15) is 4.79 Å². The van der Waals surface area contributed by atoms with Crippen molar-refractivity contribution in [3.63, 3.8) is 0 Å². The van der Waals surface area contributed by atoms with Gasteiger partial charge in [0.1, 0.15) is 6.10 Å². The van der Waals surface area contributed by atoms with Gasteiger partial charge in [0.15, 0.2) is 0 Å². The first kappa shape index (κ1) is 13.9. The second kappa shape index (κ2) is 5.38. The van der Waals surface area contributed by atoms with Gasteiger partial charge in [-0.15, -0.1) is 0 Å². The zero-order valence-corrected chi connectivity index (χ0v) is 12.4. The third-order valence-electron chi connectivity index (χ3n) is 3.81. The minimum Gasteiger partial charge on any atom is -0.453 e. The van der Waals surface area contributed by atoms with E-state index < -0.39 is 0 Å². The van der Waals surface area contributed by atoms with E-state index in [1.54, 1.807) is 12.1 Å². The number of carbonyl (C=O) groups is 1. The maximum atomic E-state index is 11.9. The summed E-state index contributed by atoms with van der Waals surface area (Å²) in [5.74, 6) is -0.486. The van der Waals surface area contributed by atoms with Crippen LogP contribution in [0.3, 0.4) is 0 Å². The Balaban J connectivity index is 2.02. The van der Waals surface area contributed by atoms with Crippen molar-refractivity contribution in [1.82, 2.24) is 0 Å². The lowest BCUT2D eigenvalue weighted by atomic mass is 9.86. The summed E-state index contributed by atoms with van der Waals surface area (Å²) in [6.45, 7) is 5.94. The van der Waals surface area contributed by atoms with Gasteiger partial charge in [-0.3, -0.25) is 0 Å². The predicted octanol–water partition coefficient (Wildman–Crippen LogP) is 4.59. The highest BCUT2D eigenvalue weighted by Crippen LogP contribution is 2.45. The fraction of sp³-hybridized carbons (Fsp3) is 0.167. The zero-order chi connectivity index (χ0) is 15.0. The summed E-state index contributed by atoms with van der Waals surface area (Å²) >= 11 is 5.92. The molecule has 1 aliphatic heterocycles. The summed E-state index contributed by atoms with van der Waals surface area (Å²) in [6, 6.07) is 15.5. The van der Waals surface area contributed by atoms with Crippen LogP contribution in [-0.2, 0) is 9.53 Å². The minimum atomic E-state index is -0.343. The number of carbonyl (C=O) groups excluding carboxylic acids is 1. The average molecular weight is 299 g/mol. The van der Waals surface area contributed by atoms with Crippen LogP contribution in [0, 0.1) is 6.92 Å². The Bertz CT molecular complexity index is 686. The van der Waals surface area contributed by atoms with Gasteiger partial charge in [-0.05, 0) is 30.2 Å². The van der Waals surface area contributed by atoms with E-state index in [1.807, 2.05) is 43.3 Å². The predicted molar refractivity (Wildman–Crippen MR) is 83.3 cm³/mol. The molecule has 21 heavy (non-hydrogen) atoms. The fourth-order valence-electron chi connectivity index (χ4n) is 2.63. The molecular formula is C18H15ClO2. The fourth-order valence-corrected chi connectivity index (χ4v) is 2.76. The highest BCUT2D eigenvalue weighted by molar-refractivity contribution is 6.30. The zero-order valence-electron chi connectivity index (χ0n) is 11.7. The van der Waals surface area contributed by atoms with Crippen LogP contribution in [0.4, 0.5) is 0 Å². The molecule has 2 atom stereocenters. The second-order valence-corrected chi connectivity index (χ2v) is 5.73. The molecule has 0 saturated carbocycles. The smallest absolute Gasteiger partial charge is 0.334 e. The highest BCUT2D eigenvalue weighted by atomic mass is 35.5. The maximum Gasteiger partial charge on any atom is 0.334 e. The number of rotatable bonds is 2. The van der Waals surface area contributed by atoms with Crippen LogP contribution >= 0.6 is 11.6 Å². The van der Waals surface area contributed by atoms with Gasteiger partial charge in [-0.2, -0.15) is 0 Å². The van der Waals surface area contributed by atoms with Crippen molar-refractivity contribution in [1.29, 1.82) is 0 Å². The van der Waals surface area contributed by atoms with Gasteiger partial charge < -0.3 is 4.74 Å². The Labute approximate surface area is 129 Å². The first-order valence-corrected chi connectivity index (χ1v) is 7.16. The van der Waals surface area contributed by atoms with Crippen LogP contribution in [0.2, 0.25) is 5.02 Å². The molecule has 106 valence electrons. The Morgan fingerprint density at radius 2 is 1.57 bits per heavy atom. The lowest BCUT2D eigenvalue weighted by molar-refractivity contribution is -0.139. The first-order valence-electron chi connectivity index (χ1n) is 6.78. The van der Waals surface area contributed by atoms with Crippen molar-refractivity contribution in [2.75, 3.05) is 0 Å². The molecule has 3 rings (SSSR count). The molecule has 1 fully saturated rings. The normalized spacial score (nSPS) is 21.4. The van der Waals surface area contributed by atoms with Crippen molar-refractivity contribution in [2.45, 2.75) is 18.9 Å². The Kier molecular flexibility index (Phi) is 3.56. The first-order chi connectivity index (χ1) is 10.1. The van der Waals surface area contributed by atoms with Gasteiger partial charge in [0.2, 0.25) is 0 Å². The Hall–Kier alpha value is -2.06. The SMILES string of the molecule is C=C1C(=O)OC(c2ccc(Cl)cc2)C1c1ccc(C)cc1. The van der Waals surface area contributed by atoms with Crippen molar-refractivity contribution < 1.29 is 9.53 Å². The minimum absolute atomic E-state index is 0.153. The summed E-state index contributed by atoms with van der Waals surface area (Å²) in [6.07, 6.45) is -0.343. The van der Waals surface area contributed by atoms with Gasteiger partial charge in [0, 0.05) is 10.6 Å². The largest absolute Gasteiger partial charge is 0.453 e. The van der Waals surface area contributed by atoms with Gasteiger partial charge in [0.25, 0.3) is 0 Å². The van der Waals surface area contributed by atoms with Crippen molar-refractivity contribution in [3.8, 4) is 0 Å². The van der Waals surface area contributed by atoms with Gasteiger partial charge in [-0.1, -0.05) is 60.1 Å². The van der Waals surface area contributed by atoms with Crippen molar-refractivity contribution in [3.05, 3.63) is 82.4 Å². The molecular weight excluding hydrogens is 284 g/mol. The molecule has 0 aromatic heterocycles. The number of ether oxygens (including phenoxy) is 1. The molecule has 2 unspecified atom stereocenters. The lowest BCUT2D eigenvalue weighted by Crippen LogP contribution is -2.07. The molecule has 2 nitrogen and oxygen atoms in total. The molecule has 0 radical (unpaired) electrons. The topological polar surface area (TPSA) is 26.3 Å². The molecule has 0 aliphatic carbocycles. The number of halogens is 1. The quantitative estimate of drug-likeness (QED) is 0.599. The maximum absolute atomic E-state index is 11.9. The van der Waals surface area contributed by atoms with E-state index in [0.717, 1.165) is 11.1 Å². The molecule has 2 aromatic rings.